The van der Waals surface area contributed by atoms with Crippen LogP contribution in [0.15, 0.2) is 35.2 Å². The van der Waals surface area contributed by atoms with Gasteiger partial charge in [0, 0.05) is 25.0 Å². The quantitative estimate of drug-likeness (QED) is 0.879. The molecule has 7 heteroatoms. The number of benzene rings is 1. The smallest absolute Gasteiger partial charge is 0.335 e. The molecule has 0 spiro atoms. The molecule has 0 aliphatic rings. The molecule has 2 N–H and O–H groups in total. The van der Waals surface area contributed by atoms with Gasteiger partial charge in [-0.25, -0.2) is 17.9 Å². The predicted octanol–water partition coefficient (Wildman–Crippen LogP) is 1.82. The summed E-state index contributed by atoms with van der Waals surface area (Å²) in [7, 11) is -1.75. The normalized spacial score (nSPS) is 11.6. The number of carboxylic acids is 1. The van der Waals surface area contributed by atoms with Gasteiger partial charge in [-0.15, -0.1) is 0 Å². The van der Waals surface area contributed by atoms with Gasteiger partial charge in [0.1, 0.15) is 0 Å². The van der Waals surface area contributed by atoms with Crippen LogP contribution in [0, 0.1) is 13.8 Å². The van der Waals surface area contributed by atoms with Crippen molar-refractivity contribution in [1.29, 1.82) is 0 Å². The molecule has 0 saturated heterocycles. The van der Waals surface area contributed by atoms with Crippen LogP contribution in [-0.4, -0.2) is 24.1 Å². The molecule has 1 aromatic heterocycles. The molecular weight excluding hydrogens is 304 g/mol. The Morgan fingerprint density at radius 3 is 2.27 bits per heavy atom. The van der Waals surface area contributed by atoms with Crippen molar-refractivity contribution in [2.24, 2.45) is 7.05 Å². The molecule has 118 valence electrons. The molecule has 6 nitrogen and oxygen atoms in total. The summed E-state index contributed by atoms with van der Waals surface area (Å²) in [6, 6.07) is 7.05. The highest BCUT2D eigenvalue weighted by Crippen LogP contribution is 2.15. The molecule has 0 unspecified atom stereocenters. The number of carboxylic acid groups (broad SMARTS) is 1. The van der Waals surface area contributed by atoms with Gasteiger partial charge in [0.05, 0.1) is 10.5 Å². The van der Waals surface area contributed by atoms with Crippen LogP contribution in [0.5, 0.6) is 0 Å². The van der Waals surface area contributed by atoms with Crippen molar-refractivity contribution in [2.75, 3.05) is 0 Å². The molecule has 0 atom stereocenters. The van der Waals surface area contributed by atoms with E-state index in [0.717, 1.165) is 17.0 Å². The molecule has 22 heavy (non-hydrogen) atoms. The van der Waals surface area contributed by atoms with E-state index in [-0.39, 0.29) is 17.0 Å². The average molecular weight is 322 g/mol. The summed E-state index contributed by atoms with van der Waals surface area (Å²) in [6.45, 7) is 4.07. The standard InChI is InChI=1S/C15H18N2O4S/c1-10-8-13(11(2)17(10)3)9-16-22(20,21)14-6-4-12(5-7-14)15(18)19/h4-8,16H,9H2,1-3H3,(H,18,19). The average Bonchev–Trinajstić information content (AvgIpc) is 2.72. The second-order valence-electron chi connectivity index (χ2n) is 5.11. The van der Waals surface area contributed by atoms with Crippen LogP contribution in [0.3, 0.4) is 0 Å². The van der Waals surface area contributed by atoms with Crippen LogP contribution in [-0.2, 0) is 23.6 Å². The first-order valence-corrected chi connectivity index (χ1v) is 8.15. The summed E-state index contributed by atoms with van der Waals surface area (Å²) >= 11 is 0. The molecule has 1 aromatic carbocycles. The van der Waals surface area contributed by atoms with E-state index in [1.165, 1.54) is 24.3 Å². The second kappa shape index (κ2) is 5.94. The maximum atomic E-state index is 12.2. The van der Waals surface area contributed by atoms with E-state index in [4.69, 9.17) is 5.11 Å². The second-order valence-corrected chi connectivity index (χ2v) is 6.88. The fourth-order valence-corrected chi connectivity index (χ4v) is 3.15. The van der Waals surface area contributed by atoms with Gasteiger partial charge in [-0.05, 0) is 49.7 Å². The van der Waals surface area contributed by atoms with Crippen LogP contribution >= 0.6 is 0 Å². The molecule has 0 fully saturated rings. The Labute approximate surface area is 129 Å². The van der Waals surface area contributed by atoms with Gasteiger partial charge in [0.25, 0.3) is 0 Å². The zero-order valence-corrected chi connectivity index (χ0v) is 13.4. The molecule has 1 heterocycles. The van der Waals surface area contributed by atoms with Crippen molar-refractivity contribution in [3.8, 4) is 0 Å². The highest BCUT2D eigenvalue weighted by molar-refractivity contribution is 7.89. The molecule has 2 aromatic rings. The Kier molecular flexibility index (Phi) is 4.39. The number of carbonyl (C=O) groups is 1. The predicted molar refractivity (Wildman–Crippen MR) is 82.3 cm³/mol. The summed E-state index contributed by atoms with van der Waals surface area (Å²) in [5.74, 6) is -1.09. The van der Waals surface area contributed by atoms with Gasteiger partial charge in [-0.1, -0.05) is 0 Å². The first-order chi connectivity index (χ1) is 10.2. The van der Waals surface area contributed by atoms with Gasteiger partial charge in [-0.3, -0.25) is 0 Å². The molecular formula is C15H18N2O4S. The van der Waals surface area contributed by atoms with Crippen LogP contribution < -0.4 is 4.72 Å². The summed E-state index contributed by atoms with van der Waals surface area (Å²) < 4.78 is 29.0. The fraction of sp³-hybridized carbons (Fsp3) is 0.267. The van der Waals surface area contributed by atoms with Crippen molar-refractivity contribution >= 4 is 16.0 Å². The lowest BCUT2D eigenvalue weighted by Gasteiger charge is -2.07. The molecule has 0 saturated carbocycles. The lowest BCUT2D eigenvalue weighted by atomic mass is 10.2. The molecule has 2 rings (SSSR count). The van der Waals surface area contributed by atoms with Gasteiger partial charge in [-0.2, -0.15) is 0 Å². The van der Waals surface area contributed by atoms with Crippen LogP contribution in [0.25, 0.3) is 0 Å². The van der Waals surface area contributed by atoms with E-state index >= 15 is 0 Å². The summed E-state index contributed by atoms with van der Waals surface area (Å²) in [6.07, 6.45) is 0. The van der Waals surface area contributed by atoms with E-state index < -0.39 is 16.0 Å². The van der Waals surface area contributed by atoms with E-state index in [1.54, 1.807) is 0 Å². The number of sulfonamides is 1. The highest BCUT2D eigenvalue weighted by atomic mass is 32.2. The largest absolute Gasteiger partial charge is 0.478 e. The van der Waals surface area contributed by atoms with Crippen LogP contribution in [0.2, 0.25) is 0 Å². The minimum Gasteiger partial charge on any atom is -0.478 e. The monoisotopic (exact) mass is 322 g/mol. The lowest BCUT2D eigenvalue weighted by Crippen LogP contribution is -2.23. The van der Waals surface area contributed by atoms with Gasteiger partial charge in [0.2, 0.25) is 10.0 Å². The fourth-order valence-electron chi connectivity index (χ4n) is 2.15. The highest BCUT2D eigenvalue weighted by Gasteiger charge is 2.16. The number of aromatic carboxylic acids is 1. The Morgan fingerprint density at radius 1 is 1.23 bits per heavy atom. The SMILES string of the molecule is Cc1cc(CNS(=O)(=O)c2ccc(C(=O)O)cc2)c(C)n1C. The summed E-state index contributed by atoms with van der Waals surface area (Å²) in [4.78, 5) is 10.8. The Hall–Kier alpha value is -2.12. The Balaban J connectivity index is 2.17. The first-order valence-electron chi connectivity index (χ1n) is 6.67. The number of aryl methyl sites for hydroxylation is 1. The number of rotatable bonds is 5. The third-order valence-electron chi connectivity index (χ3n) is 3.74. The van der Waals surface area contributed by atoms with E-state index in [9.17, 15) is 13.2 Å². The van der Waals surface area contributed by atoms with Crippen molar-refractivity contribution in [3.63, 3.8) is 0 Å². The van der Waals surface area contributed by atoms with Gasteiger partial charge < -0.3 is 9.67 Å². The van der Waals surface area contributed by atoms with Gasteiger partial charge in [0.15, 0.2) is 0 Å². The molecule has 0 aliphatic heterocycles. The minimum absolute atomic E-state index is 0.0443. The Morgan fingerprint density at radius 2 is 1.82 bits per heavy atom. The van der Waals surface area contributed by atoms with E-state index in [0.29, 0.717) is 0 Å². The number of nitrogens with zero attached hydrogens (tertiary/aromatic N) is 1. The van der Waals surface area contributed by atoms with E-state index in [1.807, 2.05) is 31.5 Å². The topological polar surface area (TPSA) is 88.4 Å². The maximum Gasteiger partial charge on any atom is 0.335 e. The van der Waals surface area contributed by atoms with Crippen molar-refractivity contribution in [3.05, 3.63) is 52.8 Å². The molecule has 0 aliphatic carbocycles. The first kappa shape index (κ1) is 16.3. The van der Waals surface area contributed by atoms with Crippen LogP contribution in [0.1, 0.15) is 27.3 Å². The van der Waals surface area contributed by atoms with Crippen molar-refractivity contribution < 1.29 is 18.3 Å². The van der Waals surface area contributed by atoms with Gasteiger partial charge >= 0.3 is 5.97 Å². The third-order valence-corrected chi connectivity index (χ3v) is 5.16. The van der Waals surface area contributed by atoms with Crippen LogP contribution in [0.4, 0.5) is 0 Å². The molecule has 0 bridgehead atoms. The van der Waals surface area contributed by atoms with Crippen molar-refractivity contribution in [1.82, 2.24) is 9.29 Å². The number of hydrogen-bond donors (Lipinski definition) is 2. The number of aromatic nitrogens is 1. The lowest BCUT2D eigenvalue weighted by molar-refractivity contribution is 0.0696. The van der Waals surface area contributed by atoms with Crippen molar-refractivity contribution in [2.45, 2.75) is 25.3 Å². The zero-order chi connectivity index (χ0) is 16.5. The van der Waals surface area contributed by atoms with E-state index in [2.05, 4.69) is 4.72 Å². The zero-order valence-electron chi connectivity index (χ0n) is 12.6. The summed E-state index contributed by atoms with van der Waals surface area (Å²) in [5, 5.41) is 8.82. The minimum atomic E-state index is -3.67. The summed E-state index contributed by atoms with van der Waals surface area (Å²) in [5.41, 5.74) is 3.01. The molecule has 0 radical (unpaired) electrons. The number of nitrogens with one attached hydrogen (secondary N) is 1. The molecule has 0 amide bonds. The third kappa shape index (κ3) is 3.20. The maximum absolute atomic E-state index is 12.2. The Bertz CT molecular complexity index is 805. The number of hydrogen-bond acceptors (Lipinski definition) is 3.